The van der Waals surface area contributed by atoms with Crippen molar-refractivity contribution in [2.45, 2.75) is 33.1 Å². The van der Waals surface area contributed by atoms with Crippen LogP contribution < -0.4 is 10.1 Å². The molecule has 1 aromatic heterocycles. The number of aryl methyl sites for hydroxylation is 1. The normalized spacial score (nSPS) is 15.9. The second-order valence-corrected chi connectivity index (χ2v) is 7.43. The third kappa shape index (κ3) is 5.72. The van der Waals surface area contributed by atoms with Crippen molar-refractivity contribution in [2.75, 3.05) is 26.2 Å². The number of benzene rings is 1. The van der Waals surface area contributed by atoms with Crippen LogP contribution in [0, 0.1) is 12.8 Å². The predicted octanol–water partition coefficient (Wildman–Crippen LogP) is 2.86. The van der Waals surface area contributed by atoms with Crippen LogP contribution in [-0.4, -0.2) is 46.8 Å². The number of amides is 1. The fourth-order valence-electron chi connectivity index (χ4n) is 3.33. The van der Waals surface area contributed by atoms with Gasteiger partial charge in [0.25, 0.3) is 0 Å². The maximum Gasteiger partial charge on any atom is 0.433 e. The molecular formula is C20H25F3N4O2. The van der Waals surface area contributed by atoms with Gasteiger partial charge in [-0.05, 0) is 25.0 Å². The first kappa shape index (κ1) is 21.2. The molecule has 3 rings (SSSR count). The highest BCUT2D eigenvalue weighted by Crippen LogP contribution is 2.30. The number of alkyl halides is 3. The molecule has 1 unspecified atom stereocenters. The van der Waals surface area contributed by atoms with Crippen molar-refractivity contribution in [3.8, 4) is 5.75 Å². The highest BCUT2D eigenvalue weighted by Gasteiger charge is 2.35. The van der Waals surface area contributed by atoms with E-state index in [1.165, 1.54) is 6.92 Å². The number of fused-ring (bicyclic) bond motifs is 1. The van der Waals surface area contributed by atoms with Crippen LogP contribution >= 0.6 is 0 Å². The number of aromatic nitrogens is 2. The van der Waals surface area contributed by atoms with E-state index in [0.29, 0.717) is 25.4 Å². The number of nitrogens with zero attached hydrogens (tertiary/aromatic N) is 3. The lowest BCUT2D eigenvalue weighted by Gasteiger charge is -2.20. The number of nitrogens with one attached hydrogen (secondary N) is 1. The zero-order valence-electron chi connectivity index (χ0n) is 16.5. The average molecular weight is 410 g/mol. The molecule has 0 radical (unpaired) electrons. The third-order valence-electron chi connectivity index (χ3n) is 4.72. The molecule has 1 atom stereocenters. The van der Waals surface area contributed by atoms with E-state index >= 15 is 0 Å². The van der Waals surface area contributed by atoms with Gasteiger partial charge in [0, 0.05) is 31.7 Å². The number of para-hydroxylation sites is 1. The zero-order chi connectivity index (χ0) is 21.0. The van der Waals surface area contributed by atoms with Gasteiger partial charge < -0.3 is 10.1 Å². The molecule has 2 heterocycles. The van der Waals surface area contributed by atoms with Gasteiger partial charge in [-0.2, -0.15) is 18.3 Å². The van der Waals surface area contributed by atoms with Crippen molar-refractivity contribution in [3.63, 3.8) is 0 Å². The van der Waals surface area contributed by atoms with E-state index in [2.05, 4.69) is 10.4 Å². The summed E-state index contributed by atoms with van der Waals surface area (Å²) in [7, 11) is 0. The molecule has 1 amide bonds. The van der Waals surface area contributed by atoms with Crippen LogP contribution in [0.15, 0.2) is 30.3 Å². The van der Waals surface area contributed by atoms with Gasteiger partial charge in [0.05, 0.1) is 12.2 Å². The maximum absolute atomic E-state index is 13.1. The second-order valence-electron chi connectivity index (χ2n) is 7.43. The van der Waals surface area contributed by atoms with E-state index in [4.69, 9.17) is 4.74 Å². The van der Waals surface area contributed by atoms with Crippen LogP contribution in [-0.2, 0) is 24.1 Å². The van der Waals surface area contributed by atoms with E-state index in [0.717, 1.165) is 22.1 Å². The molecule has 1 aliphatic rings. The summed E-state index contributed by atoms with van der Waals surface area (Å²) >= 11 is 0. The quantitative estimate of drug-likeness (QED) is 0.796. The Morgan fingerprint density at radius 2 is 2.10 bits per heavy atom. The lowest BCUT2D eigenvalue weighted by Crippen LogP contribution is -2.40. The molecule has 0 bridgehead atoms. The predicted molar refractivity (Wildman–Crippen MR) is 101 cm³/mol. The number of carbonyl (C=O) groups is 1. The minimum Gasteiger partial charge on any atom is -0.492 e. The van der Waals surface area contributed by atoms with E-state index in [1.807, 2.05) is 29.2 Å². The molecular weight excluding hydrogens is 385 g/mol. The first-order valence-corrected chi connectivity index (χ1v) is 9.54. The maximum atomic E-state index is 13.1. The van der Waals surface area contributed by atoms with Crippen LogP contribution in [0.2, 0.25) is 0 Å². The molecule has 6 nitrogen and oxygen atoms in total. The van der Waals surface area contributed by atoms with E-state index < -0.39 is 11.9 Å². The Kier molecular flexibility index (Phi) is 6.46. The topological polar surface area (TPSA) is 59.4 Å². The van der Waals surface area contributed by atoms with Gasteiger partial charge in [0.1, 0.15) is 18.1 Å². The van der Waals surface area contributed by atoms with Crippen LogP contribution in [0.4, 0.5) is 13.2 Å². The van der Waals surface area contributed by atoms with Gasteiger partial charge in [-0.15, -0.1) is 0 Å². The Labute approximate surface area is 167 Å². The lowest BCUT2D eigenvalue weighted by molar-refractivity contribution is -0.144. The molecule has 1 aliphatic heterocycles. The van der Waals surface area contributed by atoms with E-state index in [1.54, 1.807) is 6.92 Å². The van der Waals surface area contributed by atoms with Crippen molar-refractivity contribution in [2.24, 2.45) is 5.92 Å². The molecule has 9 heteroatoms. The molecule has 0 aliphatic carbocycles. The van der Waals surface area contributed by atoms with Gasteiger partial charge in [0.2, 0.25) is 5.91 Å². The SMILES string of the molecule is Cc1cc(C(F)(F)F)n(CC(C)CNC(=O)CN2CCOc3ccccc3C2)n1. The molecule has 0 fully saturated rings. The van der Waals surface area contributed by atoms with Gasteiger partial charge in [-0.25, -0.2) is 0 Å². The Morgan fingerprint density at radius 1 is 1.34 bits per heavy atom. The minimum atomic E-state index is -4.45. The first-order chi connectivity index (χ1) is 13.7. The monoisotopic (exact) mass is 410 g/mol. The lowest BCUT2D eigenvalue weighted by atomic mass is 10.1. The van der Waals surface area contributed by atoms with Crippen LogP contribution in [0.1, 0.15) is 23.9 Å². The molecule has 1 aromatic carbocycles. The zero-order valence-corrected chi connectivity index (χ0v) is 16.5. The number of carbonyl (C=O) groups excluding carboxylic acids is 1. The Hall–Kier alpha value is -2.55. The molecule has 29 heavy (non-hydrogen) atoms. The average Bonchev–Trinajstić information content (AvgIpc) is 2.90. The highest BCUT2D eigenvalue weighted by molar-refractivity contribution is 5.78. The Bertz CT molecular complexity index is 850. The van der Waals surface area contributed by atoms with Gasteiger partial charge in [-0.1, -0.05) is 25.1 Å². The van der Waals surface area contributed by atoms with Crippen molar-refractivity contribution < 1.29 is 22.7 Å². The third-order valence-corrected chi connectivity index (χ3v) is 4.72. The Morgan fingerprint density at radius 3 is 2.86 bits per heavy atom. The Balaban J connectivity index is 1.50. The van der Waals surface area contributed by atoms with Crippen molar-refractivity contribution in [1.29, 1.82) is 0 Å². The molecule has 158 valence electrons. The summed E-state index contributed by atoms with van der Waals surface area (Å²) in [6.45, 7) is 5.61. The molecule has 2 aromatic rings. The van der Waals surface area contributed by atoms with E-state index in [9.17, 15) is 18.0 Å². The number of hydrogen-bond donors (Lipinski definition) is 1. The standard InChI is InChI=1S/C20H25F3N4O2/c1-14(11-27-18(20(21,22)23)9-15(2)25-27)10-24-19(28)13-26-7-8-29-17-6-4-3-5-16(17)12-26/h3-6,9,14H,7-8,10-13H2,1-2H3,(H,24,28). The summed E-state index contributed by atoms with van der Waals surface area (Å²) in [6.07, 6.45) is -4.45. The molecule has 0 saturated heterocycles. The second kappa shape index (κ2) is 8.86. The summed E-state index contributed by atoms with van der Waals surface area (Å²) in [4.78, 5) is 14.3. The molecule has 0 saturated carbocycles. The number of halogens is 3. The van der Waals surface area contributed by atoms with Crippen LogP contribution in [0.3, 0.4) is 0 Å². The summed E-state index contributed by atoms with van der Waals surface area (Å²) in [5.41, 5.74) is 0.577. The van der Waals surface area contributed by atoms with Crippen molar-refractivity contribution in [3.05, 3.63) is 47.3 Å². The van der Waals surface area contributed by atoms with Gasteiger partial charge >= 0.3 is 6.18 Å². The van der Waals surface area contributed by atoms with E-state index in [-0.39, 0.29) is 31.5 Å². The smallest absolute Gasteiger partial charge is 0.433 e. The highest BCUT2D eigenvalue weighted by atomic mass is 19.4. The molecule has 0 spiro atoms. The van der Waals surface area contributed by atoms with Gasteiger partial charge in [0.15, 0.2) is 0 Å². The summed E-state index contributed by atoms with van der Waals surface area (Å²) in [5, 5.41) is 6.75. The van der Waals surface area contributed by atoms with Crippen LogP contribution in [0.25, 0.3) is 0 Å². The number of ether oxygens (including phenoxy) is 1. The van der Waals surface area contributed by atoms with Crippen molar-refractivity contribution >= 4 is 5.91 Å². The molecule has 1 N–H and O–H groups in total. The largest absolute Gasteiger partial charge is 0.492 e. The number of hydrogen-bond acceptors (Lipinski definition) is 4. The number of rotatable bonds is 6. The fourth-order valence-corrected chi connectivity index (χ4v) is 3.33. The van der Waals surface area contributed by atoms with Gasteiger partial charge in [-0.3, -0.25) is 14.4 Å². The minimum absolute atomic E-state index is 0.0773. The van der Waals surface area contributed by atoms with Crippen LogP contribution in [0.5, 0.6) is 5.75 Å². The summed E-state index contributed by atoms with van der Waals surface area (Å²) in [5.74, 6) is 0.468. The fraction of sp³-hybridized carbons (Fsp3) is 0.500. The summed E-state index contributed by atoms with van der Waals surface area (Å²) < 4.78 is 45.9. The summed E-state index contributed by atoms with van der Waals surface area (Å²) in [6, 6.07) is 8.75. The first-order valence-electron chi connectivity index (χ1n) is 9.54. The van der Waals surface area contributed by atoms with Crippen molar-refractivity contribution in [1.82, 2.24) is 20.0 Å².